The number of sulfonamides is 1. The van der Waals surface area contributed by atoms with Gasteiger partial charge in [0.1, 0.15) is 33.6 Å². The number of anilines is 2. The van der Waals surface area contributed by atoms with Crippen molar-refractivity contribution < 1.29 is 36.2 Å². The minimum atomic E-state index is -4.54. The minimum Gasteiger partial charge on any atom is -0.497 e. The van der Waals surface area contributed by atoms with E-state index in [0.29, 0.717) is 23.5 Å². The summed E-state index contributed by atoms with van der Waals surface area (Å²) in [5.74, 6) is -0.573. The van der Waals surface area contributed by atoms with Gasteiger partial charge >= 0.3 is 6.09 Å². The summed E-state index contributed by atoms with van der Waals surface area (Å²) in [6.07, 6.45) is 1.15. The second-order valence-corrected chi connectivity index (χ2v) is 14.8. The molecule has 4 aromatic rings. The Kier molecular flexibility index (Phi) is 11.8. The monoisotopic (exact) mass is 722 g/mol. The number of hydrogen-bond donors (Lipinski definition) is 1. The molecule has 1 amide bonds. The Morgan fingerprint density at radius 3 is 2.38 bits per heavy atom. The molecular formula is C33H37ClF2N4O6S2. The van der Waals surface area contributed by atoms with Crippen LogP contribution in [-0.2, 0) is 27.7 Å². The summed E-state index contributed by atoms with van der Waals surface area (Å²) in [4.78, 5) is 17.8. The largest absolute Gasteiger partial charge is 0.497 e. The highest BCUT2D eigenvalue weighted by Gasteiger charge is 2.32. The molecule has 3 aromatic carbocycles. The number of methoxy groups -OCH3 is 2. The molecule has 1 N–H and O–H groups in total. The van der Waals surface area contributed by atoms with Crippen molar-refractivity contribution in [1.82, 2.24) is 9.88 Å². The van der Waals surface area contributed by atoms with Crippen LogP contribution in [0.4, 0.5) is 24.4 Å². The molecule has 0 radical (unpaired) electrons. The number of thiazole rings is 1. The molecule has 4 rings (SSSR count). The van der Waals surface area contributed by atoms with Gasteiger partial charge in [-0.25, -0.2) is 31.3 Å². The van der Waals surface area contributed by atoms with Crippen LogP contribution >= 0.6 is 22.9 Å². The number of aromatic nitrogens is 1. The van der Waals surface area contributed by atoms with Crippen molar-refractivity contribution >= 4 is 49.9 Å². The van der Waals surface area contributed by atoms with Gasteiger partial charge in [0.15, 0.2) is 5.13 Å². The summed E-state index contributed by atoms with van der Waals surface area (Å²) in [5, 5.41) is 4.69. The van der Waals surface area contributed by atoms with Crippen LogP contribution in [0, 0.1) is 11.6 Å². The average Bonchev–Trinajstić information content (AvgIpc) is 3.57. The Bertz CT molecular complexity index is 1820. The third-order valence-electron chi connectivity index (χ3n) is 7.17. The van der Waals surface area contributed by atoms with Crippen molar-refractivity contribution in [2.24, 2.45) is 0 Å². The first-order valence-electron chi connectivity index (χ1n) is 14.7. The third kappa shape index (κ3) is 9.05. The zero-order valence-corrected chi connectivity index (χ0v) is 29.7. The molecule has 0 aliphatic carbocycles. The van der Waals surface area contributed by atoms with Gasteiger partial charge in [0.2, 0.25) is 0 Å². The van der Waals surface area contributed by atoms with E-state index < -0.39 is 44.3 Å². The molecule has 1 aromatic heterocycles. The Balaban J connectivity index is 1.63. The standard InChI is InChI=1S/C33H37ClF2N4O6S2/c1-33(2,3)46-32(41)39(4)24(15-21-7-10-23(35)11-8-21)19-38-28-18-27(36)30(17-26(28)34)48(42,43)40(31-37-13-14-47-31)20-22-9-12-25(44-5)16-29(22)45-6/h7-14,16-18,24,38H,15,19-20H2,1-6H3. The molecule has 0 aliphatic rings. The van der Waals surface area contributed by atoms with Crippen LogP contribution in [0.2, 0.25) is 5.02 Å². The topological polar surface area (TPSA) is 110 Å². The summed E-state index contributed by atoms with van der Waals surface area (Å²) in [5.41, 5.74) is 0.585. The first-order valence-corrected chi connectivity index (χ1v) is 17.4. The van der Waals surface area contributed by atoms with E-state index in [1.165, 1.54) is 37.4 Å². The van der Waals surface area contributed by atoms with Gasteiger partial charge in [-0.1, -0.05) is 23.7 Å². The van der Waals surface area contributed by atoms with Crippen LogP contribution in [-0.4, -0.2) is 63.8 Å². The number of hydrogen-bond acceptors (Lipinski definition) is 9. The number of benzene rings is 3. The molecule has 0 bridgehead atoms. The number of amides is 1. The number of carbonyl (C=O) groups is 1. The van der Waals surface area contributed by atoms with Gasteiger partial charge in [-0.2, -0.15) is 0 Å². The van der Waals surface area contributed by atoms with Crippen LogP contribution < -0.4 is 19.1 Å². The lowest BCUT2D eigenvalue weighted by Crippen LogP contribution is -2.45. The maximum atomic E-state index is 15.8. The van der Waals surface area contributed by atoms with Gasteiger partial charge in [0.25, 0.3) is 10.0 Å². The molecule has 0 spiro atoms. The van der Waals surface area contributed by atoms with Crippen molar-refractivity contribution in [2.45, 2.75) is 50.3 Å². The van der Waals surface area contributed by atoms with Crippen molar-refractivity contribution in [3.8, 4) is 11.5 Å². The summed E-state index contributed by atoms with van der Waals surface area (Å²) in [7, 11) is -0.0385. The molecule has 0 fully saturated rings. The van der Waals surface area contributed by atoms with Gasteiger partial charge in [-0.15, -0.1) is 11.3 Å². The van der Waals surface area contributed by atoms with Crippen molar-refractivity contribution in [2.75, 3.05) is 37.4 Å². The molecule has 1 atom stereocenters. The Morgan fingerprint density at radius 1 is 1.06 bits per heavy atom. The van der Waals surface area contributed by atoms with E-state index in [-0.39, 0.29) is 28.9 Å². The number of nitrogens with one attached hydrogen (secondary N) is 1. The minimum absolute atomic E-state index is 0.0703. The van der Waals surface area contributed by atoms with Gasteiger partial charge in [-0.3, -0.25) is 0 Å². The number of ether oxygens (including phenoxy) is 3. The maximum Gasteiger partial charge on any atom is 0.410 e. The van der Waals surface area contributed by atoms with Crippen LogP contribution in [0.5, 0.6) is 11.5 Å². The molecule has 258 valence electrons. The molecule has 10 nitrogen and oxygen atoms in total. The SMILES string of the molecule is COc1ccc(CN(c2nccs2)S(=O)(=O)c2cc(Cl)c(NCC(Cc3ccc(F)cc3)N(C)C(=O)OC(C)(C)C)cc2F)c(OC)c1. The summed E-state index contributed by atoms with van der Waals surface area (Å²) >= 11 is 7.63. The van der Waals surface area contributed by atoms with Crippen LogP contribution in [0.25, 0.3) is 0 Å². The lowest BCUT2D eigenvalue weighted by atomic mass is 10.0. The van der Waals surface area contributed by atoms with E-state index in [2.05, 4.69) is 10.3 Å². The van der Waals surface area contributed by atoms with E-state index in [4.69, 9.17) is 25.8 Å². The fraction of sp³-hybridized carbons (Fsp3) is 0.333. The molecule has 1 unspecified atom stereocenters. The normalized spacial score (nSPS) is 12.3. The van der Waals surface area contributed by atoms with E-state index in [1.807, 2.05) is 0 Å². The first-order chi connectivity index (χ1) is 22.6. The van der Waals surface area contributed by atoms with E-state index in [1.54, 1.807) is 63.5 Å². The zero-order chi connectivity index (χ0) is 35.2. The highest BCUT2D eigenvalue weighted by atomic mass is 35.5. The Labute approximate surface area is 288 Å². The number of rotatable bonds is 13. The summed E-state index contributed by atoms with van der Waals surface area (Å²) in [6, 6.07) is 12.2. The number of likely N-dealkylation sites (N-methyl/N-ethyl adjacent to an activating group) is 1. The highest BCUT2D eigenvalue weighted by Crippen LogP contribution is 2.35. The highest BCUT2D eigenvalue weighted by molar-refractivity contribution is 7.93. The fourth-order valence-electron chi connectivity index (χ4n) is 4.66. The van der Waals surface area contributed by atoms with Gasteiger partial charge in [-0.05, 0) is 69.2 Å². The Morgan fingerprint density at radius 2 is 1.77 bits per heavy atom. The van der Waals surface area contributed by atoms with Crippen molar-refractivity contribution in [1.29, 1.82) is 0 Å². The lowest BCUT2D eigenvalue weighted by Gasteiger charge is -2.31. The summed E-state index contributed by atoms with van der Waals surface area (Å²) < 4.78 is 74.7. The molecule has 0 saturated carbocycles. The number of carbonyl (C=O) groups excluding carboxylic acids is 1. The second kappa shape index (κ2) is 15.4. The summed E-state index contributed by atoms with van der Waals surface area (Å²) in [6.45, 7) is 5.08. The molecule has 0 saturated heterocycles. The van der Waals surface area contributed by atoms with Crippen LogP contribution in [0.15, 0.2) is 71.1 Å². The van der Waals surface area contributed by atoms with E-state index >= 15 is 4.39 Å². The third-order valence-corrected chi connectivity index (χ3v) is 10.1. The smallest absolute Gasteiger partial charge is 0.410 e. The average molecular weight is 723 g/mol. The van der Waals surface area contributed by atoms with E-state index in [9.17, 15) is 17.6 Å². The Hall–Kier alpha value is -4.14. The van der Waals surface area contributed by atoms with Crippen LogP contribution in [0.1, 0.15) is 31.9 Å². The van der Waals surface area contributed by atoms with Crippen LogP contribution in [0.3, 0.4) is 0 Å². The van der Waals surface area contributed by atoms with Gasteiger partial charge in [0.05, 0.1) is 37.5 Å². The lowest BCUT2D eigenvalue weighted by molar-refractivity contribution is 0.0231. The molecular weight excluding hydrogens is 686 g/mol. The number of halogens is 3. The number of nitrogens with zero attached hydrogens (tertiary/aromatic N) is 3. The van der Waals surface area contributed by atoms with Gasteiger partial charge in [0, 0.05) is 36.8 Å². The van der Waals surface area contributed by atoms with Crippen molar-refractivity contribution in [3.63, 3.8) is 0 Å². The van der Waals surface area contributed by atoms with Crippen molar-refractivity contribution in [3.05, 3.63) is 94.0 Å². The molecule has 15 heteroatoms. The predicted molar refractivity (Wildman–Crippen MR) is 183 cm³/mol. The maximum absolute atomic E-state index is 15.8. The molecule has 1 heterocycles. The quantitative estimate of drug-likeness (QED) is 0.152. The zero-order valence-electron chi connectivity index (χ0n) is 27.3. The fourth-order valence-corrected chi connectivity index (χ4v) is 7.30. The second-order valence-electron chi connectivity index (χ2n) is 11.7. The predicted octanol–water partition coefficient (Wildman–Crippen LogP) is 7.38. The first kappa shape index (κ1) is 36.7. The van der Waals surface area contributed by atoms with Gasteiger partial charge < -0.3 is 24.4 Å². The molecule has 0 aliphatic heterocycles. The molecule has 48 heavy (non-hydrogen) atoms. The van der Waals surface area contributed by atoms with E-state index in [0.717, 1.165) is 33.3 Å².